The van der Waals surface area contributed by atoms with E-state index in [4.69, 9.17) is 9.47 Å². The second-order valence-electron chi connectivity index (χ2n) is 7.77. The highest BCUT2D eigenvalue weighted by molar-refractivity contribution is 7.85. The van der Waals surface area contributed by atoms with Crippen LogP contribution in [0, 0.1) is 13.8 Å². The maximum Gasteiger partial charge on any atom is 0.200 e. The highest BCUT2D eigenvalue weighted by Gasteiger charge is 2.29. The van der Waals surface area contributed by atoms with Crippen LogP contribution in [0.2, 0.25) is 0 Å². The third-order valence-corrected chi connectivity index (χ3v) is 7.34. The van der Waals surface area contributed by atoms with Crippen LogP contribution in [0.5, 0.6) is 17.2 Å². The van der Waals surface area contributed by atoms with Crippen LogP contribution in [0.1, 0.15) is 16.7 Å². The summed E-state index contributed by atoms with van der Waals surface area (Å²) in [7, 11) is 1.85. The van der Waals surface area contributed by atoms with Gasteiger partial charge in [0.2, 0.25) is 5.75 Å². The lowest BCUT2D eigenvalue weighted by molar-refractivity contribution is 0.339. The minimum atomic E-state index is -1.19. The summed E-state index contributed by atoms with van der Waals surface area (Å²) in [6.45, 7) is 6.20. The van der Waals surface area contributed by atoms with Crippen molar-refractivity contribution in [3.63, 3.8) is 0 Å². The summed E-state index contributed by atoms with van der Waals surface area (Å²) in [5.74, 6) is 0.765. The molecule has 0 saturated heterocycles. The number of hydrogen-bond donors (Lipinski definition) is 2. The number of anilines is 2. The fourth-order valence-corrected chi connectivity index (χ4v) is 5.48. The SMILES string of the molecule is COc1cc(CNCCN2c3ccccc3S(=O)c3ccc(C)c(C)c32)cc(OC)c1O. The molecule has 1 aliphatic rings. The molecule has 0 amide bonds. The number of nitrogens with zero attached hydrogens (tertiary/aromatic N) is 1. The Labute approximate surface area is 191 Å². The van der Waals surface area contributed by atoms with Crippen LogP contribution in [-0.2, 0) is 17.3 Å². The monoisotopic (exact) mass is 452 g/mol. The zero-order valence-corrected chi connectivity index (χ0v) is 19.6. The number of ether oxygens (including phenoxy) is 2. The van der Waals surface area contributed by atoms with E-state index in [1.54, 1.807) is 12.1 Å². The van der Waals surface area contributed by atoms with Gasteiger partial charge in [0.1, 0.15) is 0 Å². The van der Waals surface area contributed by atoms with Crippen LogP contribution >= 0.6 is 0 Å². The molecular weight excluding hydrogens is 424 g/mol. The van der Waals surface area contributed by atoms with Crippen molar-refractivity contribution in [2.24, 2.45) is 0 Å². The number of aryl methyl sites for hydroxylation is 1. The van der Waals surface area contributed by atoms with Crippen molar-refractivity contribution in [1.29, 1.82) is 0 Å². The molecule has 4 rings (SSSR count). The first kappa shape index (κ1) is 22.2. The van der Waals surface area contributed by atoms with E-state index < -0.39 is 10.8 Å². The summed E-state index contributed by atoms with van der Waals surface area (Å²) in [6.07, 6.45) is 0. The van der Waals surface area contributed by atoms with E-state index in [1.165, 1.54) is 19.8 Å². The normalized spacial score (nSPS) is 14.6. The first-order valence-electron chi connectivity index (χ1n) is 10.5. The number of phenols is 1. The molecule has 0 saturated carbocycles. The molecule has 168 valence electrons. The summed E-state index contributed by atoms with van der Waals surface area (Å²) in [4.78, 5) is 3.97. The number of aromatic hydroxyl groups is 1. The number of hydrogen-bond acceptors (Lipinski definition) is 6. The van der Waals surface area contributed by atoms with E-state index in [2.05, 4.69) is 24.1 Å². The van der Waals surface area contributed by atoms with Gasteiger partial charge in [-0.05, 0) is 60.9 Å². The maximum atomic E-state index is 13.2. The Hall–Kier alpha value is -3.03. The Bertz CT molecular complexity index is 1150. The molecule has 1 unspecified atom stereocenters. The number of nitrogens with one attached hydrogen (secondary N) is 1. The Morgan fingerprint density at radius 2 is 1.69 bits per heavy atom. The first-order valence-corrected chi connectivity index (χ1v) is 11.6. The molecule has 0 fully saturated rings. The fraction of sp³-hybridized carbons (Fsp3) is 0.280. The van der Waals surface area contributed by atoms with Gasteiger partial charge in [-0.1, -0.05) is 18.2 Å². The summed E-state index contributed by atoms with van der Waals surface area (Å²) in [5, 5.41) is 13.6. The average molecular weight is 453 g/mol. The molecule has 6 nitrogen and oxygen atoms in total. The molecule has 1 heterocycles. The molecule has 1 atom stereocenters. The van der Waals surface area contributed by atoms with E-state index in [0.717, 1.165) is 38.8 Å². The summed E-state index contributed by atoms with van der Waals surface area (Å²) >= 11 is 0. The second-order valence-corrected chi connectivity index (χ2v) is 9.19. The van der Waals surface area contributed by atoms with Crippen molar-refractivity contribution >= 4 is 22.2 Å². The lowest BCUT2D eigenvalue weighted by Gasteiger charge is -2.34. The molecule has 0 radical (unpaired) electrons. The van der Waals surface area contributed by atoms with Gasteiger partial charge in [0.15, 0.2) is 11.5 Å². The van der Waals surface area contributed by atoms with Crippen LogP contribution in [-0.4, -0.2) is 36.6 Å². The van der Waals surface area contributed by atoms with Crippen LogP contribution in [0.15, 0.2) is 58.3 Å². The quantitative estimate of drug-likeness (QED) is 0.517. The number of rotatable bonds is 7. The van der Waals surface area contributed by atoms with Crippen molar-refractivity contribution < 1.29 is 18.8 Å². The summed E-state index contributed by atoms with van der Waals surface area (Å²) in [5.41, 5.74) is 5.31. The van der Waals surface area contributed by atoms with Crippen molar-refractivity contribution in [2.75, 3.05) is 32.2 Å². The molecule has 3 aromatic rings. The predicted octanol–water partition coefficient (Wildman–Crippen LogP) is 4.43. The number of fused-ring (bicyclic) bond motifs is 2. The average Bonchev–Trinajstić information content (AvgIpc) is 2.81. The van der Waals surface area contributed by atoms with Gasteiger partial charge in [-0.3, -0.25) is 0 Å². The lowest BCUT2D eigenvalue weighted by Crippen LogP contribution is -2.32. The largest absolute Gasteiger partial charge is 0.502 e. The minimum absolute atomic E-state index is 0.000809. The third-order valence-electron chi connectivity index (χ3n) is 5.87. The standard InChI is InChI=1S/C25H28N2O4S/c1-16-9-10-23-24(17(16)2)27(19-7-5-6-8-22(19)32(23)29)12-11-26-15-18-13-20(30-3)25(28)21(14-18)31-4/h5-10,13-14,26,28H,11-12,15H2,1-4H3. The topological polar surface area (TPSA) is 71.0 Å². The van der Waals surface area contributed by atoms with E-state index in [9.17, 15) is 9.32 Å². The smallest absolute Gasteiger partial charge is 0.200 e. The molecule has 0 bridgehead atoms. The van der Waals surface area contributed by atoms with Crippen LogP contribution in [0.3, 0.4) is 0 Å². The highest BCUT2D eigenvalue weighted by atomic mass is 32.2. The Kier molecular flexibility index (Phi) is 6.39. The Morgan fingerprint density at radius 1 is 1.00 bits per heavy atom. The van der Waals surface area contributed by atoms with Gasteiger partial charge in [0, 0.05) is 19.6 Å². The summed E-state index contributed by atoms with van der Waals surface area (Å²) < 4.78 is 23.7. The van der Waals surface area contributed by atoms with Gasteiger partial charge in [0.25, 0.3) is 0 Å². The number of methoxy groups -OCH3 is 2. The second kappa shape index (κ2) is 9.22. The maximum absolute atomic E-state index is 13.2. The summed E-state index contributed by atoms with van der Waals surface area (Å²) in [6, 6.07) is 15.5. The van der Waals surface area contributed by atoms with E-state index >= 15 is 0 Å². The van der Waals surface area contributed by atoms with E-state index in [0.29, 0.717) is 24.6 Å². The molecule has 3 aromatic carbocycles. The molecule has 1 aliphatic heterocycles. The fourth-order valence-electron chi connectivity index (χ4n) is 4.04. The molecule has 0 spiro atoms. The number of benzene rings is 3. The van der Waals surface area contributed by atoms with Crippen molar-refractivity contribution in [3.8, 4) is 17.2 Å². The van der Waals surface area contributed by atoms with Gasteiger partial charge in [-0.2, -0.15) is 0 Å². The zero-order chi connectivity index (χ0) is 22.8. The number of phenolic OH excluding ortho intramolecular Hbond substituents is 1. The molecule has 0 aromatic heterocycles. The van der Waals surface area contributed by atoms with Crippen molar-refractivity contribution in [2.45, 2.75) is 30.2 Å². The molecule has 7 heteroatoms. The van der Waals surface area contributed by atoms with Crippen molar-refractivity contribution in [3.05, 3.63) is 65.2 Å². The number of para-hydroxylation sites is 1. The van der Waals surface area contributed by atoms with Gasteiger partial charge >= 0.3 is 0 Å². The van der Waals surface area contributed by atoms with Gasteiger partial charge in [0.05, 0.1) is 46.2 Å². The van der Waals surface area contributed by atoms with E-state index in [1.807, 2.05) is 36.4 Å². The predicted molar refractivity (Wildman–Crippen MR) is 127 cm³/mol. The van der Waals surface area contributed by atoms with Gasteiger partial charge in [-0.25, -0.2) is 4.21 Å². The van der Waals surface area contributed by atoms with Gasteiger partial charge in [-0.15, -0.1) is 0 Å². The Morgan fingerprint density at radius 3 is 2.38 bits per heavy atom. The van der Waals surface area contributed by atoms with Crippen LogP contribution < -0.4 is 19.7 Å². The minimum Gasteiger partial charge on any atom is -0.502 e. The third kappa shape index (κ3) is 3.94. The van der Waals surface area contributed by atoms with Crippen molar-refractivity contribution in [1.82, 2.24) is 5.32 Å². The lowest BCUT2D eigenvalue weighted by atomic mass is 10.1. The molecule has 0 aliphatic carbocycles. The Balaban J connectivity index is 1.55. The molecular formula is C25H28N2O4S. The van der Waals surface area contributed by atoms with Crippen LogP contribution in [0.25, 0.3) is 0 Å². The first-order chi connectivity index (χ1) is 15.5. The van der Waals surface area contributed by atoms with Crippen LogP contribution in [0.4, 0.5) is 11.4 Å². The highest BCUT2D eigenvalue weighted by Crippen LogP contribution is 2.44. The van der Waals surface area contributed by atoms with E-state index in [-0.39, 0.29) is 5.75 Å². The van der Waals surface area contributed by atoms with Gasteiger partial charge < -0.3 is 24.8 Å². The zero-order valence-electron chi connectivity index (χ0n) is 18.8. The molecule has 32 heavy (non-hydrogen) atoms. The molecule has 2 N–H and O–H groups in total.